The van der Waals surface area contributed by atoms with Crippen molar-refractivity contribution in [3.05, 3.63) is 11.9 Å². The fourth-order valence-electron chi connectivity index (χ4n) is 4.21. The van der Waals surface area contributed by atoms with E-state index in [1.807, 2.05) is 6.92 Å². The number of urea groups is 1. The minimum atomic E-state index is -2.56. The monoisotopic (exact) mass is 412 g/mol. The maximum atomic E-state index is 13.3. The summed E-state index contributed by atoms with van der Waals surface area (Å²) in [4.78, 5) is 24.7. The van der Waals surface area contributed by atoms with Gasteiger partial charge >= 0.3 is 6.03 Å². The summed E-state index contributed by atoms with van der Waals surface area (Å²) in [7, 11) is 0. The first-order valence-electron chi connectivity index (χ1n) is 10.5. The Morgan fingerprint density at radius 1 is 1.17 bits per heavy atom. The fourth-order valence-corrected chi connectivity index (χ4v) is 4.21. The van der Waals surface area contributed by atoms with Crippen LogP contribution in [0.4, 0.5) is 13.6 Å². The molecule has 2 aliphatic carbocycles. The molecular formula is C19H30F2N6O2. The Balaban J connectivity index is 1.48. The molecule has 8 nitrogen and oxygen atoms in total. The summed E-state index contributed by atoms with van der Waals surface area (Å²) in [5.74, 6) is -2.73. The van der Waals surface area contributed by atoms with Crippen LogP contribution in [0, 0.1) is 0 Å². The SMILES string of the molecule is CCNC(=O)NC1(C(=O)NCCn2cc(C3CCC(F)(F)CC3)nn2)CCCC1. The molecule has 0 radical (unpaired) electrons. The van der Waals surface area contributed by atoms with E-state index in [4.69, 9.17) is 0 Å². The Bertz CT molecular complexity index is 707. The third-order valence-corrected chi connectivity index (χ3v) is 5.90. The van der Waals surface area contributed by atoms with Crippen LogP contribution in [0.1, 0.15) is 69.9 Å². The lowest BCUT2D eigenvalue weighted by Crippen LogP contribution is -2.59. The van der Waals surface area contributed by atoms with E-state index in [-0.39, 0.29) is 30.7 Å². The summed E-state index contributed by atoms with van der Waals surface area (Å²) in [6.07, 6.45) is 5.42. The molecule has 162 valence electrons. The first-order chi connectivity index (χ1) is 13.8. The molecule has 3 amide bonds. The number of rotatable bonds is 7. The second-order valence-corrected chi connectivity index (χ2v) is 8.07. The van der Waals surface area contributed by atoms with Crippen LogP contribution < -0.4 is 16.0 Å². The molecule has 29 heavy (non-hydrogen) atoms. The van der Waals surface area contributed by atoms with Crippen molar-refractivity contribution >= 4 is 11.9 Å². The quantitative estimate of drug-likeness (QED) is 0.640. The van der Waals surface area contributed by atoms with Crippen molar-refractivity contribution in [2.45, 2.75) is 82.2 Å². The van der Waals surface area contributed by atoms with E-state index >= 15 is 0 Å². The fraction of sp³-hybridized carbons (Fsp3) is 0.789. The molecule has 0 spiro atoms. The first kappa shape index (κ1) is 21.4. The highest BCUT2D eigenvalue weighted by Gasteiger charge is 2.42. The van der Waals surface area contributed by atoms with Gasteiger partial charge in [-0.05, 0) is 32.6 Å². The van der Waals surface area contributed by atoms with Crippen molar-refractivity contribution in [3.8, 4) is 0 Å². The molecule has 0 aromatic carbocycles. The molecule has 2 saturated carbocycles. The zero-order valence-corrected chi connectivity index (χ0v) is 16.8. The molecular weight excluding hydrogens is 382 g/mol. The number of nitrogens with zero attached hydrogens (tertiary/aromatic N) is 3. The van der Waals surface area contributed by atoms with Gasteiger partial charge < -0.3 is 16.0 Å². The highest BCUT2D eigenvalue weighted by Crippen LogP contribution is 2.40. The van der Waals surface area contributed by atoms with E-state index in [1.165, 1.54) is 0 Å². The molecule has 0 aliphatic heterocycles. The Hall–Kier alpha value is -2.26. The van der Waals surface area contributed by atoms with Crippen LogP contribution in [0.3, 0.4) is 0 Å². The number of hydrogen-bond acceptors (Lipinski definition) is 4. The number of nitrogens with one attached hydrogen (secondary N) is 3. The van der Waals surface area contributed by atoms with Crippen molar-refractivity contribution < 1.29 is 18.4 Å². The number of halogens is 2. The standard InChI is InChI=1S/C19H30F2N6O2/c1-2-22-17(29)24-18(7-3-4-8-18)16(28)23-11-12-27-13-15(25-26-27)14-5-9-19(20,21)10-6-14/h13-14H,2-12H2,1H3,(H,23,28)(H2,22,24,29). The van der Waals surface area contributed by atoms with Crippen molar-refractivity contribution in [1.82, 2.24) is 30.9 Å². The zero-order valence-electron chi connectivity index (χ0n) is 16.8. The molecule has 0 unspecified atom stereocenters. The van der Waals surface area contributed by atoms with Crippen LogP contribution in [-0.2, 0) is 11.3 Å². The van der Waals surface area contributed by atoms with Gasteiger partial charge in [0.15, 0.2) is 0 Å². The molecule has 10 heteroatoms. The first-order valence-corrected chi connectivity index (χ1v) is 10.5. The van der Waals surface area contributed by atoms with Crippen molar-refractivity contribution in [1.29, 1.82) is 0 Å². The number of hydrogen-bond donors (Lipinski definition) is 3. The van der Waals surface area contributed by atoms with Gasteiger partial charge in [0, 0.05) is 38.0 Å². The van der Waals surface area contributed by atoms with E-state index in [9.17, 15) is 18.4 Å². The molecule has 0 atom stereocenters. The van der Waals surface area contributed by atoms with Gasteiger partial charge in [0.05, 0.1) is 12.2 Å². The number of aromatic nitrogens is 3. The van der Waals surface area contributed by atoms with Crippen LogP contribution in [0.2, 0.25) is 0 Å². The largest absolute Gasteiger partial charge is 0.352 e. The van der Waals surface area contributed by atoms with Gasteiger partial charge in [0.25, 0.3) is 0 Å². The Morgan fingerprint density at radius 2 is 1.86 bits per heavy atom. The third-order valence-electron chi connectivity index (χ3n) is 5.90. The predicted molar refractivity (Wildman–Crippen MR) is 103 cm³/mol. The lowest BCUT2D eigenvalue weighted by molar-refractivity contribution is -0.127. The van der Waals surface area contributed by atoms with Crippen molar-refractivity contribution in [3.63, 3.8) is 0 Å². The second-order valence-electron chi connectivity index (χ2n) is 8.07. The summed E-state index contributed by atoms with van der Waals surface area (Å²) in [6, 6.07) is -0.330. The minimum absolute atomic E-state index is 0.0148. The summed E-state index contributed by atoms with van der Waals surface area (Å²) in [6.45, 7) is 3.10. The van der Waals surface area contributed by atoms with Gasteiger partial charge in [0.1, 0.15) is 5.54 Å². The van der Waals surface area contributed by atoms with Gasteiger partial charge in [-0.25, -0.2) is 13.6 Å². The Morgan fingerprint density at radius 3 is 2.52 bits per heavy atom. The summed E-state index contributed by atoms with van der Waals surface area (Å²) in [5, 5.41) is 16.6. The third kappa shape index (κ3) is 5.42. The lowest BCUT2D eigenvalue weighted by Gasteiger charge is -2.29. The molecule has 3 rings (SSSR count). The van der Waals surface area contributed by atoms with Crippen LogP contribution >= 0.6 is 0 Å². The van der Waals surface area contributed by atoms with Gasteiger partial charge in [-0.2, -0.15) is 0 Å². The van der Waals surface area contributed by atoms with Gasteiger partial charge in [-0.1, -0.05) is 18.1 Å². The maximum Gasteiger partial charge on any atom is 0.315 e. The van der Waals surface area contributed by atoms with E-state index < -0.39 is 11.5 Å². The number of alkyl halides is 2. The van der Waals surface area contributed by atoms with E-state index in [2.05, 4.69) is 26.3 Å². The molecule has 1 aromatic rings. The van der Waals surface area contributed by atoms with E-state index in [0.717, 1.165) is 18.5 Å². The molecule has 2 fully saturated rings. The smallest absolute Gasteiger partial charge is 0.315 e. The average molecular weight is 412 g/mol. The summed E-state index contributed by atoms with van der Waals surface area (Å²) in [5.41, 5.74) is -0.128. The second kappa shape index (κ2) is 9.04. The van der Waals surface area contributed by atoms with Gasteiger partial charge in [0.2, 0.25) is 11.8 Å². The van der Waals surface area contributed by atoms with Crippen LogP contribution in [0.5, 0.6) is 0 Å². The van der Waals surface area contributed by atoms with Crippen molar-refractivity contribution in [2.24, 2.45) is 0 Å². The normalized spacial score (nSPS) is 20.9. The molecule has 1 heterocycles. The molecule has 1 aromatic heterocycles. The van der Waals surface area contributed by atoms with E-state index in [0.29, 0.717) is 45.3 Å². The molecule has 2 aliphatic rings. The topological polar surface area (TPSA) is 101 Å². The minimum Gasteiger partial charge on any atom is -0.352 e. The predicted octanol–water partition coefficient (Wildman–Crippen LogP) is 2.32. The average Bonchev–Trinajstić information content (AvgIpc) is 3.32. The zero-order chi connectivity index (χ0) is 20.9. The van der Waals surface area contributed by atoms with Crippen LogP contribution in [0.25, 0.3) is 0 Å². The van der Waals surface area contributed by atoms with E-state index in [1.54, 1.807) is 10.9 Å². The number of carbonyl (C=O) groups is 2. The van der Waals surface area contributed by atoms with Crippen LogP contribution in [-0.4, -0.2) is 51.5 Å². The lowest BCUT2D eigenvalue weighted by atomic mass is 9.85. The Labute approximate surface area is 169 Å². The van der Waals surface area contributed by atoms with Gasteiger partial charge in [-0.3, -0.25) is 9.48 Å². The van der Waals surface area contributed by atoms with Crippen LogP contribution in [0.15, 0.2) is 6.20 Å². The van der Waals surface area contributed by atoms with Gasteiger partial charge in [-0.15, -0.1) is 5.10 Å². The number of amides is 3. The Kier molecular flexibility index (Phi) is 6.69. The molecule has 0 saturated heterocycles. The summed E-state index contributed by atoms with van der Waals surface area (Å²) < 4.78 is 28.2. The molecule has 0 bridgehead atoms. The summed E-state index contributed by atoms with van der Waals surface area (Å²) >= 11 is 0. The maximum absolute atomic E-state index is 13.3. The number of carbonyl (C=O) groups excluding carboxylic acids is 2. The highest BCUT2D eigenvalue weighted by atomic mass is 19.3. The van der Waals surface area contributed by atoms with Crippen molar-refractivity contribution in [2.75, 3.05) is 13.1 Å². The highest BCUT2D eigenvalue weighted by molar-refractivity contribution is 5.91. The molecule has 3 N–H and O–H groups in total.